The number of phenolic OH excluding ortho intramolecular Hbond substituents is 1. The molecule has 2 saturated heterocycles. The minimum atomic E-state index is -1.98. The van der Waals surface area contributed by atoms with Crippen LogP contribution in [-0.4, -0.2) is 144 Å². The van der Waals surface area contributed by atoms with E-state index in [1.807, 2.05) is 12.1 Å². The normalized spacial score (nSPS) is 28.1. The van der Waals surface area contributed by atoms with Crippen molar-refractivity contribution in [3.05, 3.63) is 64.2 Å². The first-order valence-electron chi connectivity index (χ1n) is 19.1. The van der Waals surface area contributed by atoms with E-state index in [1.165, 1.54) is 23.5 Å². The van der Waals surface area contributed by atoms with Gasteiger partial charge in [0.05, 0.1) is 12.6 Å². The highest BCUT2D eigenvalue weighted by molar-refractivity contribution is 8.03. The summed E-state index contributed by atoms with van der Waals surface area (Å²) >= 11 is 2.69. The molecule has 13 N–H and O–H groups in total. The summed E-state index contributed by atoms with van der Waals surface area (Å²) in [4.78, 5) is 69.4. The van der Waals surface area contributed by atoms with Gasteiger partial charge in [-0.1, -0.05) is 24.3 Å². The number of rotatable bonds is 10. The van der Waals surface area contributed by atoms with Crippen LogP contribution in [0, 0.1) is 13.8 Å². The molecule has 2 aliphatic heterocycles. The van der Waals surface area contributed by atoms with Crippen LogP contribution in [0.2, 0.25) is 0 Å². The summed E-state index contributed by atoms with van der Waals surface area (Å²) in [6.07, 6.45) is -10.4. The number of aliphatic hydroxyl groups is 4. The quantitative estimate of drug-likeness (QED) is 0.110. The van der Waals surface area contributed by atoms with Crippen LogP contribution in [0.15, 0.2) is 36.4 Å². The number of aromatic hydroxyl groups is 1. The molecule has 0 radical (unpaired) electrons. The van der Waals surface area contributed by atoms with Crippen molar-refractivity contribution in [3.8, 4) is 5.75 Å². The molecule has 0 aromatic heterocycles. The van der Waals surface area contributed by atoms with Crippen LogP contribution < -0.4 is 32.7 Å². The van der Waals surface area contributed by atoms with Crippen molar-refractivity contribution >= 4 is 53.1 Å². The topological polar surface area (TPSA) is 305 Å². The highest BCUT2D eigenvalue weighted by Crippen LogP contribution is 2.34. The molecule has 1 unspecified atom stereocenters. The van der Waals surface area contributed by atoms with E-state index in [9.17, 15) is 49.5 Å². The molecule has 2 aromatic rings. The number of carbonyl (C=O) groups excluding carboxylic acids is 5. The van der Waals surface area contributed by atoms with Crippen LogP contribution >= 0.6 is 23.5 Å². The lowest BCUT2D eigenvalue weighted by Gasteiger charge is -2.41. The molecule has 324 valence electrons. The first-order chi connectivity index (χ1) is 27.8. The Kier molecular flexibility index (Phi) is 15.0. The minimum absolute atomic E-state index is 0.0412. The van der Waals surface area contributed by atoms with Crippen molar-refractivity contribution in [2.75, 3.05) is 23.9 Å². The molecule has 5 amide bonds. The Morgan fingerprint density at radius 1 is 1.02 bits per heavy atom. The number of primary amides is 1. The Morgan fingerprint density at radius 2 is 1.64 bits per heavy atom. The molecule has 1 spiro atoms. The van der Waals surface area contributed by atoms with Gasteiger partial charge in [-0.05, 0) is 74.1 Å². The maximum atomic E-state index is 14.7. The van der Waals surface area contributed by atoms with Gasteiger partial charge in [-0.25, -0.2) is 0 Å². The van der Waals surface area contributed by atoms with Gasteiger partial charge in [-0.15, -0.1) is 0 Å². The highest BCUT2D eigenvalue weighted by Gasteiger charge is 2.50. The molecule has 59 heavy (non-hydrogen) atoms. The number of thioether (sulfide) groups is 2. The van der Waals surface area contributed by atoms with Gasteiger partial charge in [0.1, 0.15) is 47.8 Å². The predicted molar refractivity (Wildman–Crippen MR) is 218 cm³/mol. The van der Waals surface area contributed by atoms with E-state index in [4.69, 9.17) is 20.9 Å². The molecule has 5 rings (SSSR count). The molecular formula is C39H54N6O12S2. The minimum Gasteiger partial charge on any atom is -0.508 e. The molecular weight excluding hydrogens is 809 g/mol. The lowest BCUT2D eigenvalue weighted by molar-refractivity contribution is -0.310. The zero-order chi connectivity index (χ0) is 43.4. The van der Waals surface area contributed by atoms with Gasteiger partial charge in [0.2, 0.25) is 29.9 Å². The predicted octanol–water partition coefficient (Wildman–Crippen LogP) is -2.50. The molecule has 0 saturated carbocycles. The number of hydrogen-bond donors (Lipinski definition) is 11. The Bertz CT molecular complexity index is 1850. The van der Waals surface area contributed by atoms with Crippen LogP contribution in [0.25, 0.3) is 0 Å². The average Bonchev–Trinajstić information content (AvgIpc) is 3.56. The van der Waals surface area contributed by atoms with E-state index in [-0.39, 0.29) is 30.8 Å². The van der Waals surface area contributed by atoms with Gasteiger partial charge >= 0.3 is 0 Å². The number of nitrogens with two attached hydrogens (primary N) is 2. The summed E-state index contributed by atoms with van der Waals surface area (Å²) in [6, 6.07) is 6.85. The van der Waals surface area contributed by atoms with Crippen LogP contribution in [0.4, 0.5) is 0 Å². The average molecular weight is 863 g/mol. The van der Waals surface area contributed by atoms with E-state index in [2.05, 4.69) is 21.3 Å². The van der Waals surface area contributed by atoms with E-state index >= 15 is 0 Å². The van der Waals surface area contributed by atoms with Crippen molar-refractivity contribution in [2.45, 2.75) is 112 Å². The standard InChI is InChI=1S/C39H54N6O12S2/c1-18-11-22(47)12-19(2)23(18)13-24(40)32(52)42-25-17-58-9-10-59-38(3,4)30(43-37(55)39(45-33(25)53)14-20-7-5-6-8-21(20)15-39)34(54)44-35(31(41)51)57-36-29(50)28(49)27(48)26(16-46)56-36/h5-8,11-12,24-30,35-36,46-50H,9-10,13-17,40H2,1-4H3,(H2,41,51)(H,42,52)(H,43,55)(H,44,54)(H,45,53)/t24-,25?,26+,27-,28+,29-,30-,35-,36-/m0/s1. The van der Waals surface area contributed by atoms with Gasteiger partial charge in [0.25, 0.3) is 5.91 Å². The number of ether oxygens (including phenoxy) is 2. The number of phenols is 1. The Balaban J connectivity index is 1.40. The zero-order valence-corrected chi connectivity index (χ0v) is 34.8. The number of benzene rings is 2. The smallest absolute Gasteiger partial charge is 0.267 e. The van der Waals surface area contributed by atoms with E-state index in [1.54, 1.807) is 52.0 Å². The molecule has 3 aliphatic rings. The van der Waals surface area contributed by atoms with Crippen LogP contribution in [0.3, 0.4) is 0 Å². The van der Waals surface area contributed by atoms with Crippen LogP contribution in [0.5, 0.6) is 5.75 Å². The van der Waals surface area contributed by atoms with Gasteiger partial charge in [0, 0.05) is 34.8 Å². The van der Waals surface area contributed by atoms with Crippen molar-refractivity contribution in [1.29, 1.82) is 0 Å². The molecule has 0 bridgehead atoms. The summed E-state index contributed by atoms with van der Waals surface area (Å²) < 4.78 is 9.75. The molecule has 18 nitrogen and oxygen atoms in total. The second kappa shape index (κ2) is 19.2. The number of amides is 5. The third kappa shape index (κ3) is 10.7. The fraction of sp³-hybridized carbons (Fsp3) is 0.564. The Labute approximate surface area is 349 Å². The molecule has 9 atom stereocenters. The van der Waals surface area contributed by atoms with Gasteiger partial charge in [-0.3, -0.25) is 24.0 Å². The number of hydrogen-bond acceptors (Lipinski definition) is 15. The fourth-order valence-electron chi connectivity index (χ4n) is 7.48. The SMILES string of the molecule is Cc1cc(O)cc(C)c1C[C@H](N)C(=O)NC1CSCCSC(C)(C)[C@H](C(=O)N[C@@H](O[C@@H]2O[C@H](CO)[C@H](O)[C@@H](O)[C@@H]2O)C(N)=O)NC(=O)C2(Cc3ccccc3C2)NC1=O. The highest BCUT2D eigenvalue weighted by atomic mass is 32.2. The van der Waals surface area contributed by atoms with Crippen molar-refractivity contribution in [2.24, 2.45) is 11.5 Å². The number of nitrogens with one attached hydrogen (secondary N) is 4. The largest absolute Gasteiger partial charge is 0.508 e. The number of aliphatic hydroxyl groups excluding tert-OH is 4. The van der Waals surface area contributed by atoms with Crippen LogP contribution in [0.1, 0.15) is 41.7 Å². The van der Waals surface area contributed by atoms with Crippen LogP contribution in [-0.2, 0) is 52.7 Å². The van der Waals surface area contributed by atoms with Gasteiger partial charge in [-0.2, -0.15) is 23.5 Å². The molecule has 2 fully saturated rings. The van der Waals surface area contributed by atoms with Gasteiger partial charge < -0.3 is 67.7 Å². The third-order valence-corrected chi connectivity index (χ3v) is 13.6. The molecule has 2 heterocycles. The van der Waals surface area contributed by atoms with E-state index < -0.39 is 101 Å². The monoisotopic (exact) mass is 862 g/mol. The second-order valence-electron chi connectivity index (χ2n) is 15.7. The first-order valence-corrected chi connectivity index (χ1v) is 21.2. The summed E-state index contributed by atoms with van der Waals surface area (Å²) in [5.41, 5.74) is 14.2. The summed E-state index contributed by atoms with van der Waals surface area (Å²) in [7, 11) is 0. The molecule has 20 heteroatoms. The summed E-state index contributed by atoms with van der Waals surface area (Å²) in [5.74, 6) is -3.03. The lowest BCUT2D eigenvalue weighted by atomic mass is 9.91. The summed E-state index contributed by atoms with van der Waals surface area (Å²) in [6.45, 7) is 6.25. The lowest BCUT2D eigenvalue weighted by Crippen LogP contribution is -2.68. The second-order valence-corrected chi connectivity index (χ2v) is 18.6. The van der Waals surface area contributed by atoms with Gasteiger partial charge in [0.15, 0.2) is 6.29 Å². The van der Waals surface area contributed by atoms with Crippen molar-refractivity contribution in [1.82, 2.24) is 21.3 Å². The molecule has 2 aromatic carbocycles. The molecule has 1 aliphatic carbocycles. The zero-order valence-electron chi connectivity index (χ0n) is 33.2. The maximum absolute atomic E-state index is 14.7. The Morgan fingerprint density at radius 3 is 2.24 bits per heavy atom. The van der Waals surface area contributed by atoms with Crippen molar-refractivity contribution in [3.63, 3.8) is 0 Å². The first kappa shape index (κ1) is 46.1. The van der Waals surface area contributed by atoms with Crippen molar-refractivity contribution < 1.29 is 59.0 Å². The maximum Gasteiger partial charge on any atom is 0.267 e. The summed E-state index contributed by atoms with van der Waals surface area (Å²) in [5, 5.41) is 61.4. The number of carbonyl (C=O) groups is 5. The number of fused-ring (bicyclic) bond motifs is 1. The third-order valence-electron chi connectivity index (χ3n) is 10.8. The van der Waals surface area contributed by atoms with E-state index in [0.717, 1.165) is 27.8 Å². The Hall–Kier alpha value is -3.99. The number of aryl methyl sites for hydroxylation is 2. The van der Waals surface area contributed by atoms with E-state index in [0.29, 0.717) is 11.5 Å². The fourth-order valence-corrected chi connectivity index (χ4v) is 9.78.